The summed E-state index contributed by atoms with van der Waals surface area (Å²) >= 11 is 0. The van der Waals surface area contributed by atoms with Gasteiger partial charge in [0.05, 0.1) is 6.61 Å². The first-order valence-electron chi connectivity index (χ1n) is 5.96. The molecule has 0 rings (SSSR count). The van der Waals surface area contributed by atoms with E-state index in [1.54, 1.807) is 6.08 Å². The quantitative estimate of drug-likeness (QED) is 0.189. The summed E-state index contributed by atoms with van der Waals surface area (Å²) in [5, 5.41) is 0. The molecule has 0 N–H and O–H groups in total. The van der Waals surface area contributed by atoms with Crippen LogP contribution in [0.2, 0.25) is 6.04 Å². The van der Waals surface area contributed by atoms with E-state index in [1.165, 1.54) is 0 Å². The molecule has 0 spiro atoms. The smallest absolute Gasteiger partial charge is 0.460 e. The third kappa shape index (κ3) is 6.70. The van der Waals surface area contributed by atoms with Crippen LogP contribution in [0.4, 0.5) is 0 Å². The molecule has 0 bridgehead atoms. The Hall–Kier alpha value is -0.953. The Morgan fingerprint density at radius 1 is 1.11 bits per heavy atom. The minimum atomic E-state index is -2.71. The lowest BCUT2D eigenvalue weighted by molar-refractivity contribution is -0.138. The topological polar surface area (TPSA) is 54.0 Å². The van der Waals surface area contributed by atoms with Crippen LogP contribution < -0.4 is 0 Å². The SMILES string of the molecule is C=CC[Si](OCC)(OCC)OCCOC(=O)C=C. The molecule has 0 saturated carbocycles. The van der Waals surface area contributed by atoms with Crippen molar-refractivity contribution < 1.29 is 22.8 Å². The lowest BCUT2D eigenvalue weighted by Gasteiger charge is -2.27. The van der Waals surface area contributed by atoms with E-state index in [-0.39, 0.29) is 13.2 Å². The highest BCUT2D eigenvalue weighted by atomic mass is 28.4. The standard InChI is InChI=1S/C12H22O5Si/c1-5-11-18(15-7-3,16-8-4)17-10-9-14-12(13)6-2/h5-6H,1-2,7-11H2,3-4H3. The fourth-order valence-corrected chi connectivity index (χ4v) is 3.55. The Labute approximate surface area is 110 Å². The number of esters is 1. The Morgan fingerprint density at radius 2 is 1.72 bits per heavy atom. The van der Waals surface area contributed by atoms with E-state index in [4.69, 9.17) is 18.0 Å². The minimum Gasteiger partial charge on any atom is -0.460 e. The Bertz CT molecular complexity index is 261. The molecule has 104 valence electrons. The molecular formula is C12H22O5Si. The second-order valence-electron chi connectivity index (χ2n) is 3.26. The molecule has 0 fully saturated rings. The van der Waals surface area contributed by atoms with E-state index in [2.05, 4.69) is 13.2 Å². The van der Waals surface area contributed by atoms with Crippen molar-refractivity contribution in [3.63, 3.8) is 0 Å². The number of hydrogen-bond donors (Lipinski definition) is 0. The van der Waals surface area contributed by atoms with E-state index in [1.807, 2.05) is 13.8 Å². The summed E-state index contributed by atoms with van der Waals surface area (Å²) in [5.41, 5.74) is 0. The summed E-state index contributed by atoms with van der Waals surface area (Å²) in [6.45, 7) is 12.1. The van der Waals surface area contributed by atoms with E-state index in [9.17, 15) is 4.79 Å². The van der Waals surface area contributed by atoms with E-state index in [0.29, 0.717) is 19.3 Å². The summed E-state index contributed by atoms with van der Waals surface area (Å²) in [5.74, 6) is -0.470. The average molecular weight is 274 g/mol. The van der Waals surface area contributed by atoms with Gasteiger partial charge in [-0.25, -0.2) is 4.79 Å². The molecule has 0 amide bonds. The van der Waals surface area contributed by atoms with Crippen LogP contribution in [0.1, 0.15) is 13.8 Å². The molecule has 0 radical (unpaired) electrons. The van der Waals surface area contributed by atoms with Gasteiger partial charge in [-0.2, -0.15) is 0 Å². The first kappa shape index (κ1) is 17.0. The van der Waals surface area contributed by atoms with Gasteiger partial charge >= 0.3 is 14.8 Å². The summed E-state index contributed by atoms with van der Waals surface area (Å²) in [6, 6.07) is 0.532. The lowest BCUT2D eigenvalue weighted by Crippen LogP contribution is -2.46. The number of hydrogen-bond acceptors (Lipinski definition) is 5. The third-order valence-corrected chi connectivity index (χ3v) is 4.83. The highest BCUT2D eigenvalue weighted by Crippen LogP contribution is 2.16. The first-order chi connectivity index (χ1) is 8.64. The second-order valence-corrected chi connectivity index (χ2v) is 5.90. The molecule has 0 aliphatic heterocycles. The molecule has 0 heterocycles. The van der Waals surface area contributed by atoms with Crippen LogP contribution in [-0.2, 0) is 22.8 Å². The van der Waals surface area contributed by atoms with Crippen molar-refractivity contribution in [1.29, 1.82) is 0 Å². The lowest BCUT2D eigenvalue weighted by atomic mass is 10.6. The van der Waals surface area contributed by atoms with Crippen LogP contribution in [0.3, 0.4) is 0 Å². The van der Waals surface area contributed by atoms with Crippen LogP contribution >= 0.6 is 0 Å². The molecule has 5 nitrogen and oxygen atoms in total. The van der Waals surface area contributed by atoms with Gasteiger partial charge in [-0.3, -0.25) is 0 Å². The maximum Gasteiger partial charge on any atom is 0.505 e. The predicted octanol–water partition coefficient (Wildman–Crippen LogP) is 1.93. The largest absolute Gasteiger partial charge is 0.505 e. The van der Waals surface area contributed by atoms with Crippen molar-refractivity contribution in [3.8, 4) is 0 Å². The van der Waals surface area contributed by atoms with E-state index < -0.39 is 14.8 Å². The molecule has 0 saturated heterocycles. The van der Waals surface area contributed by atoms with Crippen LogP contribution in [0.25, 0.3) is 0 Å². The van der Waals surface area contributed by atoms with Gasteiger partial charge in [0.25, 0.3) is 0 Å². The van der Waals surface area contributed by atoms with Gasteiger partial charge in [0.2, 0.25) is 0 Å². The van der Waals surface area contributed by atoms with E-state index >= 15 is 0 Å². The average Bonchev–Trinajstić information content (AvgIpc) is 2.35. The fraction of sp³-hybridized carbons (Fsp3) is 0.583. The zero-order valence-electron chi connectivity index (χ0n) is 11.1. The summed E-state index contributed by atoms with van der Waals surface area (Å²) in [6.07, 6.45) is 2.83. The number of carbonyl (C=O) groups is 1. The Morgan fingerprint density at radius 3 is 2.17 bits per heavy atom. The van der Waals surface area contributed by atoms with Gasteiger partial charge in [0.15, 0.2) is 0 Å². The van der Waals surface area contributed by atoms with Gasteiger partial charge in [-0.1, -0.05) is 12.7 Å². The highest BCUT2D eigenvalue weighted by Gasteiger charge is 2.39. The molecule has 0 aliphatic rings. The molecule has 0 aliphatic carbocycles. The Balaban J connectivity index is 4.24. The third-order valence-electron chi connectivity index (χ3n) is 1.94. The zero-order valence-corrected chi connectivity index (χ0v) is 12.1. The number of allylic oxidation sites excluding steroid dienone is 1. The fourth-order valence-electron chi connectivity index (χ4n) is 1.32. The highest BCUT2D eigenvalue weighted by molar-refractivity contribution is 6.61. The normalized spacial score (nSPS) is 11.0. The first-order valence-corrected chi connectivity index (χ1v) is 7.89. The predicted molar refractivity (Wildman–Crippen MR) is 71.1 cm³/mol. The van der Waals surface area contributed by atoms with Crippen LogP contribution in [-0.4, -0.2) is 41.2 Å². The molecule has 0 aromatic carbocycles. The maximum atomic E-state index is 10.9. The molecule has 6 heteroatoms. The van der Waals surface area contributed by atoms with Crippen molar-refractivity contribution in [1.82, 2.24) is 0 Å². The van der Waals surface area contributed by atoms with Crippen molar-refractivity contribution in [3.05, 3.63) is 25.3 Å². The molecule has 0 atom stereocenters. The maximum absolute atomic E-state index is 10.9. The molecule has 0 aromatic heterocycles. The second kappa shape index (κ2) is 10.0. The van der Waals surface area contributed by atoms with Gasteiger partial charge in [0.1, 0.15) is 6.61 Å². The van der Waals surface area contributed by atoms with Crippen LogP contribution in [0, 0.1) is 0 Å². The number of ether oxygens (including phenoxy) is 1. The van der Waals surface area contributed by atoms with Crippen LogP contribution in [0.15, 0.2) is 25.3 Å². The summed E-state index contributed by atoms with van der Waals surface area (Å²) < 4.78 is 21.7. The van der Waals surface area contributed by atoms with Crippen LogP contribution in [0.5, 0.6) is 0 Å². The summed E-state index contributed by atoms with van der Waals surface area (Å²) in [7, 11) is -2.71. The zero-order chi connectivity index (χ0) is 13.9. The molecule has 18 heavy (non-hydrogen) atoms. The number of rotatable bonds is 11. The van der Waals surface area contributed by atoms with E-state index in [0.717, 1.165) is 6.08 Å². The van der Waals surface area contributed by atoms with Gasteiger partial charge < -0.3 is 18.0 Å². The van der Waals surface area contributed by atoms with Gasteiger partial charge in [-0.05, 0) is 13.8 Å². The minimum absolute atomic E-state index is 0.150. The molecular weight excluding hydrogens is 252 g/mol. The van der Waals surface area contributed by atoms with Crippen molar-refractivity contribution in [2.45, 2.75) is 19.9 Å². The Kier molecular flexibility index (Phi) is 9.48. The van der Waals surface area contributed by atoms with Gasteiger partial charge in [0, 0.05) is 25.3 Å². The van der Waals surface area contributed by atoms with Gasteiger partial charge in [-0.15, -0.1) is 6.58 Å². The van der Waals surface area contributed by atoms with Crippen molar-refractivity contribution >= 4 is 14.8 Å². The van der Waals surface area contributed by atoms with Crippen molar-refractivity contribution in [2.75, 3.05) is 26.4 Å². The monoisotopic (exact) mass is 274 g/mol. The number of carbonyl (C=O) groups excluding carboxylic acids is 1. The molecule has 0 aromatic rings. The molecule has 0 unspecified atom stereocenters. The van der Waals surface area contributed by atoms with Crippen molar-refractivity contribution in [2.24, 2.45) is 0 Å². The summed E-state index contributed by atoms with van der Waals surface area (Å²) in [4.78, 5) is 10.9.